The van der Waals surface area contributed by atoms with Crippen molar-refractivity contribution >= 4 is 23.2 Å². The molecule has 1 saturated heterocycles. The molecule has 0 radical (unpaired) electrons. The van der Waals surface area contributed by atoms with Crippen molar-refractivity contribution in [2.24, 2.45) is 5.92 Å². The molecule has 1 fully saturated rings. The highest BCUT2D eigenvalue weighted by Gasteiger charge is 2.24. The highest BCUT2D eigenvalue weighted by Crippen LogP contribution is 2.30. The predicted octanol–water partition coefficient (Wildman–Crippen LogP) is 6.38. The summed E-state index contributed by atoms with van der Waals surface area (Å²) in [5.74, 6) is 0.842. The summed E-state index contributed by atoms with van der Waals surface area (Å²) in [6.07, 6.45) is 3.96. The van der Waals surface area contributed by atoms with Gasteiger partial charge in [0, 0.05) is 36.6 Å². The average Bonchev–Trinajstić information content (AvgIpc) is 3.02. The van der Waals surface area contributed by atoms with Gasteiger partial charge in [0.15, 0.2) is 0 Å². The maximum absolute atomic E-state index is 13.5. The summed E-state index contributed by atoms with van der Waals surface area (Å²) in [5.41, 5.74) is 5.09. The van der Waals surface area contributed by atoms with Crippen LogP contribution in [0.1, 0.15) is 44.7 Å². The third-order valence-corrected chi connectivity index (χ3v) is 7.70. The van der Waals surface area contributed by atoms with E-state index >= 15 is 0 Å². The normalized spacial score (nSPS) is 13.4. The van der Waals surface area contributed by atoms with Crippen LogP contribution in [0.3, 0.4) is 0 Å². The Morgan fingerprint density at radius 2 is 1.51 bits per heavy atom. The Kier molecular flexibility index (Phi) is 9.32. The molecule has 210 valence electrons. The van der Waals surface area contributed by atoms with E-state index in [4.69, 9.17) is 4.74 Å². The molecule has 0 bridgehead atoms. The maximum Gasteiger partial charge on any atom is 0.255 e. The number of amides is 2. The zero-order chi connectivity index (χ0) is 28.4. The number of carbonyl (C=O) groups is 2. The lowest BCUT2D eigenvalue weighted by atomic mass is 9.89. The molecule has 0 aromatic heterocycles. The molecule has 6 nitrogen and oxygen atoms in total. The third-order valence-electron chi connectivity index (χ3n) is 7.70. The van der Waals surface area contributed by atoms with Gasteiger partial charge in [0.25, 0.3) is 11.8 Å². The molecular formula is C35H37N3O3. The molecule has 0 spiro atoms. The van der Waals surface area contributed by atoms with Crippen LogP contribution in [0.4, 0.5) is 11.4 Å². The van der Waals surface area contributed by atoms with Crippen LogP contribution in [0.15, 0.2) is 103 Å². The van der Waals surface area contributed by atoms with E-state index in [9.17, 15) is 9.59 Å². The van der Waals surface area contributed by atoms with Crippen molar-refractivity contribution in [2.75, 3.05) is 37.0 Å². The maximum atomic E-state index is 13.5. The highest BCUT2D eigenvalue weighted by molar-refractivity contribution is 6.06. The number of hydrogen-bond acceptors (Lipinski definition) is 4. The smallest absolute Gasteiger partial charge is 0.255 e. The molecule has 5 rings (SSSR count). The summed E-state index contributed by atoms with van der Waals surface area (Å²) in [6.45, 7) is 2.30. The monoisotopic (exact) mass is 547 g/mol. The van der Waals surface area contributed by atoms with Gasteiger partial charge in [-0.15, -0.1) is 0 Å². The summed E-state index contributed by atoms with van der Waals surface area (Å²) in [7, 11) is 1.57. The Balaban J connectivity index is 1.31. The van der Waals surface area contributed by atoms with Gasteiger partial charge in [-0.3, -0.25) is 9.59 Å². The topological polar surface area (TPSA) is 70.7 Å². The Morgan fingerprint density at radius 1 is 0.805 bits per heavy atom. The molecule has 0 aliphatic carbocycles. The largest absolute Gasteiger partial charge is 0.497 e. The highest BCUT2D eigenvalue weighted by atomic mass is 16.5. The second-order valence-electron chi connectivity index (χ2n) is 10.5. The lowest BCUT2D eigenvalue weighted by molar-refractivity contribution is 0.0953. The molecule has 0 atom stereocenters. The minimum Gasteiger partial charge on any atom is -0.497 e. The number of benzene rings is 4. The first-order valence-corrected chi connectivity index (χ1v) is 14.3. The number of ether oxygens (including phenoxy) is 1. The lowest BCUT2D eigenvalue weighted by Crippen LogP contribution is -2.36. The van der Waals surface area contributed by atoms with Crippen molar-refractivity contribution in [3.05, 3.63) is 125 Å². The minimum absolute atomic E-state index is 0.139. The minimum atomic E-state index is -0.256. The van der Waals surface area contributed by atoms with E-state index in [1.165, 1.54) is 11.1 Å². The first kappa shape index (κ1) is 28.0. The van der Waals surface area contributed by atoms with Crippen molar-refractivity contribution in [3.63, 3.8) is 0 Å². The van der Waals surface area contributed by atoms with Crippen LogP contribution in [0.2, 0.25) is 0 Å². The first-order valence-electron chi connectivity index (χ1n) is 14.3. The van der Waals surface area contributed by atoms with Crippen molar-refractivity contribution in [3.8, 4) is 5.75 Å². The van der Waals surface area contributed by atoms with Crippen molar-refractivity contribution in [2.45, 2.75) is 25.7 Å². The molecular weight excluding hydrogens is 510 g/mol. The number of nitrogens with one attached hydrogen (secondary N) is 2. The van der Waals surface area contributed by atoms with E-state index in [0.29, 0.717) is 35.0 Å². The second kappa shape index (κ2) is 13.7. The fraction of sp³-hybridized carbons (Fsp3) is 0.257. The van der Waals surface area contributed by atoms with Gasteiger partial charge in [0.05, 0.1) is 12.7 Å². The third kappa shape index (κ3) is 7.54. The number of anilines is 2. The van der Waals surface area contributed by atoms with Crippen LogP contribution in [-0.4, -0.2) is 38.6 Å². The lowest BCUT2D eigenvalue weighted by Gasteiger charge is -2.35. The molecule has 0 unspecified atom stereocenters. The molecule has 1 aliphatic heterocycles. The zero-order valence-electron chi connectivity index (χ0n) is 23.5. The number of piperidine rings is 1. The fourth-order valence-corrected chi connectivity index (χ4v) is 5.42. The number of methoxy groups -OCH3 is 1. The van der Waals surface area contributed by atoms with E-state index in [1.807, 2.05) is 30.3 Å². The standard InChI is InChI=1S/C35H37N3O3/c1-41-31-14-8-13-29(24-31)34(39)37-30-15-16-33(32(25-30)35(40)36-20-17-26-9-4-2-5-10-26)38-21-18-28(19-22-38)23-27-11-6-3-7-12-27/h2-16,24-25,28H,17-23H2,1H3,(H,36,40)(H,37,39). The first-order chi connectivity index (χ1) is 20.1. The van der Waals surface area contributed by atoms with Gasteiger partial charge >= 0.3 is 0 Å². The van der Waals surface area contributed by atoms with E-state index in [-0.39, 0.29) is 11.8 Å². The Hall–Kier alpha value is -4.58. The van der Waals surface area contributed by atoms with Gasteiger partial charge in [-0.05, 0) is 79.1 Å². The summed E-state index contributed by atoms with van der Waals surface area (Å²) in [6, 6.07) is 33.4. The molecule has 1 heterocycles. The number of hydrogen-bond donors (Lipinski definition) is 2. The average molecular weight is 548 g/mol. The predicted molar refractivity (Wildman–Crippen MR) is 165 cm³/mol. The molecule has 1 aliphatic rings. The molecule has 4 aromatic rings. The second-order valence-corrected chi connectivity index (χ2v) is 10.5. The van der Waals surface area contributed by atoms with Gasteiger partial charge < -0.3 is 20.3 Å². The van der Waals surface area contributed by atoms with Crippen molar-refractivity contribution in [1.82, 2.24) is 5.32 Å². The van der Waals surface area contributed by atoms with E-state index in [1.54, 1.807) is 37.4 Å². The number of carbonyl (C=O) groups excluding carboxylic acids is 2. The van der Waals surface area contributed by atoms with Crippen molar-refractivity contribution < 1.29 is 14.3 Å². The Bertz CT molecular complexity index is 1450. The van der Waals surface area contributed by atoms with Gasteiger partial charge in [-0.2, -0.15) is 0 Å². The van der Waals surface area contributed by atoms with Crippen LogP contribution in [0.5, 0.6) is 5.75 Å². The van der Waals surface area contributed by atoms with Gasteiger partial charge in [0.2, 0.25) is 0 Å². The van der Waals surface area contributed by atoms with Gasteiger partial charge in [0.1, 0.15) is 5.75 Å². The van der Waals surface area contributed by atoms with E-state index in [2.05, 4.69) is 58.0 Å². The van der Waals surface area contributed by atoms with Gasteiger partial charge in [-0.25, -0.2) is 0 Å². The van der Waals surface area contributed by atoms with E-state index in [0.717, 1.165) is 44.5 Å². The molecule has 0 saturated carbocycles. The van der Waals surface area contributed by atoms with Crippen LogP contribution in [-0.2, 0) is 12.8 Å². The fourth-order valence-electron chi connectivity index (χ4n) is 5.42. The Morgan fingerprint density at radius 3 is 2.22 bits per heavy atom. The van der Waals surface area contributed by atoms with Crippen LogP contribution >= 0.6 is 0 Å². The summed E-state index contributed by atoms with van der Waals surface area (Å²) >= 11 is 0. The van der Waals surface area contributed by atoms with Gasteiger partial charge in [-0.1, -0.05) is 66.7 Å². The molecule has 2 amide bonds. The van der Waals surface area contributed by atoms with Crippen molar-refractivity contribution in [1.29, 1.82) is 0 Å². The summed E-state index contributed by atoms with van der Waals surface area (Å²) in [5, 5.41) is 6.06. The molecule has 2 N–H and O–H groups in total. The van der Waals surface area contributed by atoms with Crippen LogP contribution in [0, 0.1) is 5.92 Å². The van der Waals surface area contributed by atoms with Crippen LogP contribution < -0.4 is 20.3 Å². The molecule has 4 aromatic carbocycles. The number of rotatable bonds is 10. The quantitative estimate of drug-likeness (QED) is 0.242. The molecule has 41 heavy (non-hydrogen) atoms. The zero-order valence-corrected chi connectivity index (χ0v) is 23.5. The van der Waals surface area contributed by atoms with E-state index < -0.39 is 0 Å². The summed E-state index contributed by atoms with van der Waals surface area (Å²) < 4.78 is 5.26. The number of nitrogens with zero attached hydrogens (tertiary/aromatic N) is 1. The Labute approximate surface area is 242 Å². The SMILES string of the molecule is COc1cccc(C(=O)Nc2ccc(N3CCC(Cc4ccccc4)CC3)c(C(=O)NCCc3ccccc3)c2)c1. The molecule has 6 heteroatoms. The summed E-state index contributed by atoms with van der Waals surface area (Å²) in [4.78, 5) is 28.8. The van der Waals surface area contributed by atoms with Crippen LogP contribution in [0.25, 0.3) is 0 Å².